The van der Waals surface area contributed by atoms with Crippen LogP contribution in [0.15, 0.2) is 48.5 Å². The number of ether oxygens (including phenoxy) is 1. The number of aliphatic carboxylic acids is 1. The van der Waals surface area contributed by atoms with Gasteiger partial charge < -0.3 is 14.7 Å². The average molecular weight is 391 g/mol. The maximum Gasteiger partial charge on any atom is 0.409 e. The molecule has 2 fully saturated rings. The molecular formula is C24H25NO4. The van der Waals surface area contributed by atoms with Crippen LogP contribution in [0.5, 0.6) is 0 Å². The SMILES string of the molecule is O=C(O)C1CC2(CCN(C(=O)OCC3c4ccccc4-c4ccccc43)CC2)C1. The normalized spacial score (nSPS) is 20.1. The zero-order valence-electron chi connectivity index (χ0n) is 16.3. The smallest absolute Gasteiger partial charge is 0.409 e. The van der Waals surface area contributed by atoms with Crippen LogP contribution in [0.1, 0.15) is 42.7 Å². The molecule has 1 spiro atoms. The van der Waals surface area contributed by atoms with Crippen LogP contribution in [-0.4, -0.2) is 41.8 Å². The summed E-state index contributed by atoms with van der Waals surface area (Å²) in [7, 11) is 0. The van der Waals surface area contributed by atoms with Gasteiger partial charge in [-0.1, -0.05) is 48.5 Å². The van der Waals surface area contributed by atoms with E-state index in [1.54, 1.807) is 4.90 Å². The number of hydrogen-bond donors (Lipinski definition) is 1. The molecule has 1 aliphatic heterocycles. The number of benzene rings is 2. The molecule has 5 rings (SSSR count). The number of hydrogen-bond acceptors (Lipinski definition) is 3. The van der Waals surface area contributed by atoms with Gasteiger partial charge in [-0.05, 0) is 53.4 Å². The Morgan fingerprint density at radius 3 is 2.07 bits per heavy atom. The lowest BCUT2D eigenvalue weighted by molar-refractivity contribution is -0.152. The molecule has 0 radical (unpaired) electrons. The van der Waals surface area contributed by atoms with Crippen molar-refractivity contribution in [3.63, 3.8) is 0 Å². The van der Waals surface area contributed by atoms with E-state index in [0.29, 0.717) is 19.7 Å². The van der Waals surface area contributed by atoms with E-state index in [1.165, 1.54) is 22.3 Å². The molecule has 2 aliphatic carbocycles. The Bertz CT molecular complexity index is 907. The molecule has 1 saturated carbocycles. The molecule has 2 aromatic carbocycles. The van der Waals surface area contributed by atoms with E-state index in [1.807, 2.05) is 24.3 Å². The van der Waals surface area contributed by atoms with E-state index in [9.17, 15) is 9.59 Å². The van der Waals surface area contributed by atoms with Gasteiger partial charge in [0.05, 0.1) is 5.92 Å². The molecule has 1 N–H and O–H groups in total. The molecule has 29 heavy (non-hydrogen) atoms. The summed E-state index contributed by atoms with van der Waals surface area (Å²) in [5.74, 6) is -0.809. The van der Waals surface area contributed by atoms with Crippen molar-refractivity contribution in [3.05, 3.63) is 59.7 Å². The Morgan fingerprint density at radius 1 is 0.966 bits per heavy atom. The van der Waals surface area contributed by atoms with E-state index in [4.69, 9.17) is 9.84 Å². The van der Waals surface area contributed by atoms with Crippen molar-refractivity contribution < 1.29 is 19.4 Å². The van der Waals surface area contributed by atoms with Gasteiger partial charge in [0.25, 0.3) is 0 Å². The lowest BCUT2D eigenvalue weighted by Gasteiger charge is -2.50. The van der Waals surface area contributed by atoms with Gasteiger partial charge in [0.1, 0.15) is 6.61 Å². The van der Waals surface area contributed by atoms with Gasteiger partial charge in [0.15, 0.2) is 0 Å². The Morgan fingerprint density at radius 2 is 1.52 bits per heavy atom. The highest BCUT2D eigenvalue weighted by molar-refractivity contribution is 5.79. The molecule has 0 bridgehead atoms. The third kappa shape index (κ3) is 3.09. The molecule has 1 saturated heterocycles. The van der Waals surface area contributed by atoms with Crippen molar-refractivity contribution in [2.45, 2.75) is 31.6 Å². The molecule has 5 nitrogen and oxygen atoms in total. The minimum atomic E-state index is -0.686. The van der Waals surface area contributed by atoms with Crippen molar-refractivity contribution in [2.24, 2.45) is 11.3 Å². The van der Waals surface area contributed by atoms with Crippen LogP contribution in [0.3, 0.4) is 0 Å². The van der Waals surface area contributed by atoms with Crippen LogP contribution in [0.4, 0.5) is 4.79 Å². The van der Waals surface area contributed by atoms with Crippen LogP contribution in [-0.2, 0) is 9.53 Å². The number of piperidine rings is 1. The molecule has 5 heteroatoms. The highest BCUT2D eigenvalue weighted by atomic mass is 16.6. The number of carboxylic acid groups (broad SMARTS) is 1. The highest BCUT2D eigenvalue weighted by Gasteiger charge is 2.49. The number of fused-ring (bicyclic) bond motifs is 3. The van der Waals surface area contributed by atoms with Gasteiger partial charge in [-0.15, -0.1) is 0 Å². The second kappa shape index (κ2) is 6.90. The van der Waals surface area contributed by atoms with Crippen LogP contribution >= 0.6 is 0 Å². The fourth-order valence-corrected chi connectivity index (χ4v) is 5.42. The van der Waals surface area contributed by atoms with Gasteiger partial charge in [0.2, 0.25) is 0 Å². The second-order valence-electron chi connectivity index (χ2n) is 8.73. The van der Waals surface area contributed by atoms with Crippen LogP contribution < -0.4 is 0 Å². The minimum Gasteiger partial charge on any atom is -0.481 e. The first-order valence-electron chi connectivity index (χ1n) is 10.4. The summed E-state index contributed by atoms with van der Waals surface area (Å²) >= 11 is 0. The average Bonchev–Trinajstić information content (AvgIpc) is 3.04. The van der Waals surface area contributed by atoms with Crippen LogP contribution in [0.25, 0.3) is 11.1 Å². The lowest BCUT2D eigenvalue weighted by atomic mass is 9.57. The van der Waals surface area contributed by atoms with E-state index < -0.39 is 5.97 Å². The van der Waals surface area contributed by atoms with Gasteiger partial charge in [0, 0.05) is 19.0 Å². The second-order valence-corrected chi connectivity index (χ2v) is 8.73. The zero-order chi connectivity index (χ0) is 20.0. The first-order chi connectivity index (χ1) is 14.1. The minimum absolute atomic E-state index is 0.0745. The van der Waals surface area contributed by atoms with Crippen molar-refractivity contribution >= 4 is 12.1 Å². The topological polar surface area (TPSA) is 66.8 Å². The first kappa shape index (κ1) is 18.2. The van der Waals surface area contributed by atoms with Crippen molar-refractivity contribution in [2.75, 3.05) is 19.7 Å². The monoisotopic (exact) mass is 391 g/mol. The largest absolute Gasteiger partial charge is 0.481 e. The lowest BCUT2D eigenvalue weighted by Crippen LogP contribution is -2.50. The van der Waals surface area contributed by atoms with Crippen LogP contribution in [0.2, 0.25) is 0 Å². The number of likely N-dealkylation sites (tertiary alicyclic amines) is 1. The summed E-state index contributed by atoms with van der Waals surface area (Å²) in [5.41, 5.74) is 5.01. The summed E-state index contributed by atoms with van der Waals surface area (Å²) < 4.78 is 5.75. The Labute approximate surface area is 170 Å². The Kier molecular flexibility index (Phi) is 4.34. The van der Waals surface area contributed by atoms with Gasteiger partial charge in [-0.25, -0.2) is 4.79 Å². The van der Waals surface area contributed by atoms with Crippen molar-refractivity contribution in [3.8, 4) is 11.1 Å². The number of carbonyl (C=O) groups is 2. The summed E-state index contributed by atoms with van der Waals surface area (Å²) in [6.07, 6.45) is 3.00. The molecule has 0 aromatic heterocycles. The molecule has 0 atom stereocenters. The number of carbonyl (C=O) groups excluding carboxylic acids is 1. The van der Waals surface area contributed by atoms with Gasteiger partial charge in [-0.3, -0.25) is 4.79 Å². The summed E-state index contributed by atoms with van der Waals surface area (Å²) in [6, 6.07) is 16.7. The predicted octanol–water partition coefficient (Wildman–Crippen LogP) is 4.51. The molecule has 1 amide bonds. The van der Waals surface area contributed by atoms with E-state index >= 15 is 0 Å². The molecular weight excluding hydrogens is 366 g/mol. The van der Waals surface area contributed by atoms with Crippen molar-refractivity contribution in [1.82, 2.24) is 4.90 Å². The third-order valence-corrected chi connectivity index (χ3v) is 7.13. The van der Waals surface area contributed by atoms with Crippen molar-refractivity contribution in [1.29, 1.82) is 0 Å². The molecule has 0 unspecified atom stereocenters. The quantitative estimate of drug-likeness (QED) is 0.836. The summed E-state index contributed by atoms with van der Waals surface area (Å²) in [4.78, 5) is 25.5. The van der Waals surface area contributed by atoms with E-state index in [0.717, 1.165) is 25.7 Å². The molecule has 3 aliphatic rings. The predicted molar refractivity (Wildman–Crippen MR) is 109 cm³/mol. The standard InChI is InChI=1S/C24H25NO4/c26-22(27)16-13-24(14-16)9-11-25(12-10-24)23(28)29-15-21-19-7-3-1-5-17(19)18-6-2-4-8-20(18)21/h1-8,16,21H,9-15H2,(H,26,27). The zero-order valence-corrected chi connectivity index (χ0v) is 16.3. The number of rotatable bonds is 3. The Hall–Kier alpha value is -2.82. The third-order valence-electron chi connectivity index (χ3n) is 7.13. The molecule has 1 heterocycles. The maximum absolute atomic E-state index is 12.7. The maximum atomic E-state index is 12.7. The summed E-state index contributed by atoms with van der Waals surface area (Å²) in [5, 5.41) is 9.12. The molecule has 2 aromatic rings. The van der Waals surface area contributed by atoms with Gasteiger partial charge in [-0.2, -0.15) is 0 Å². The fourth-order valence-electron chi connectivity index (χ4n) is 5.42. The number of carboxylic acids is 1. The van der Waals surface area contributed by atoms with Crippen LogP contribution in [0, 0.1) is 11.3 Å². The van der Waals surface area contributed by atoms with Gasteiger partial charge >= 0.3 is 12.1 Å². The van der Waals surface area contributed by atoms with E-state index in [-0.39, 0.29) is 23.3 Å². The Balaban J connectivity index is 1.21. The molecule has 150 valence electrons. The number of amides is 1. The summed E-state index contributed by atoms with van der Waals surface area (Å²) in [6.45, 7) is 1.65. The number of nitrogens with zero attached hydrogens (tertiary/aromatic N) is 1. The highest BCUT2D eigenvalue weighted by Crippen LogP contribution is 2.52. The first-order valence-corrected chi connectivity index (χ1v) is 10.4. The van der Waals surface area contributed by atoms with E-state index in [2.05, 4.69) is 24.3 Å². The fraction of sp³-hybridized carbons (Fsp3) is 0.417.